The zero-order valence-electron chi connectivity index (χ0n) is 10.4. The van der Waals surface area contributed by atoms with E-state index in [4.69, 9.17) is 10.00 Å². The van der Waals surface area contributed by atoms with Gasteiger partial charge in [0.15, 0.2) is 5.13 Å². The topological polar surface area (TPSA) is 57.9 Å². The fourth-order valence-electron chi connectivity index (χ4n) is 1.49. The maximum absolute atomic E-state index is 9.07. The summed E-state index contributed by atoms with van der Waals surface area (Å²) in [5.41, 5.74) is 2.29. The molecule has 0 fully saturated rings. The number of aromatic nitrogens is 1. The van der Waals surface area contributed by atoms with E-state index in [0.29, 0.717) is 17.0 Å². The molecular weight excluding hydrogens is 246 g/mol. The lowest BCUT2D eigenvalue weighted by Gasteiger charge is -2.07. The van der Waals surface area contributed by atoms with Crippen molar-refractivity contribution < 1.29 is 4.74 Å². The quantitative estimate of drug-likeness (QED) is 0.918. The first-order valence-electron chi connectivity index (χ1n) is 5.43. The van der Waals surface area contributed by atoms with Gasteiger partial charge < -0.3 is 10.1 Å². The fourth-order valence-corrected chi connectivity index (χ4v) is 2.32. The maximum Gasteiger partial charge on any atom is 0.187 e. The van der Waals surface area contributed by atoms with Crippen LogP contribution in [0.25, 0.3) is 0 Å². The first-order valence-corrected chi connectivity index (χ1v) is 6.25. The molecular formula is C13H13N3OS. The van der Waals surface area contributed by atoms with Crippen molar-refractivity contribution in [1.82, 2.24) is 4.98 Å². The second kappa shape index (κ2) is 5.07. The Balaban J connectivity index is 2.35. The van der Waals surface area contributed by atoms with E-state index in [2.05, 4.69) is 16.4 Å². The van der Waals surface area contributed by atoms with Crippen molar-refractivity contribution in [3.63, 3.8) is 0 Å². The maximum atomic E-state index is 9.07. The van der Waals surface area contributed by atoms with Gasteiger partial charge in [0.1, 0.15) is 11.8 Å². The minimum absolute atomic E-state index is 0.571. The molecule has 18 heavy (non-hydrogen) atoms. The Bertz CT molecular complexity index is 594. The second-order valence-electron chi connectivity index (χ2n) is 3.81. The van der Waals surface area contributed by atoms with Gasteiger partial charge in [-0.1, -0.05) is 0 Å². The molecule has 0 unspecified atom stereocenters. The van der Waals surface area contributed by atoms with Gasteiger partial charge in [-0.05, 0) is 26.0 Å². The van der Waals surface area contributed by atoms with Crippen LogP contribution in [-0.2, 0) is 0 Å². The Labute approximate surface area is 110 Å². The van der Waals surface area contributed by atoms with Gasteiger partial charge in [0.05, 0.1) is 24.1 Å². The summed E-state index contributed by atoms with van der Waals surface area (Å²) in [7, 11) is 1.60. The molecule has 1 heterocycles. The number of anilines is 2. The van der Waals surface area contributed by atoms with E-state index in [1.54, 1.807) is 36.6 Å². The lowest BCUT2D eigenvalue weighted by molar-refractivity contribution is 0.415. The van der Waals surface area contributed by atoms with Crippen LogP contribution in [0.2, 0.25) is 0 Å². The first-order chi connectivity index (χ1) is 8.63. The average molecular weight is 259 g/mol. The summed E-state index contributed by atoms with van der Waals surface area (Å²) in [6.45, 7) is 3.99. The summed E-state index contributed by atoms with van der Waals surface area (Å²) in [6.07, 6.45) is 0. The number of thiazole rings is 1. The van der Waals surface area contributed by atoms with E-state index < -0.39 is 0 Å². The zero-order chi connectivity index (χ0) is 13.1. The minimum atomic E-state index is 0.571. The Morgan fingerprint density at radius 3 is 2.72 bits per heavy atom. The number of nitrogens with one attached hydrogen (secondary N) is 1. The average Bonchev–Trinajstić information content (AvgIpc) is 2.68. The molecule has 2 aromatic rings. The van der Waals surface area contributed by atoms with Crippen LogP contribution in [0, 0.1) is 25.2 Å². The van der Waals surface area contributed by atoms with Gasteiger partial charge in [-0.2, -0.15) is 5.26 Å². The van der Waals surface area contributed by atoms with Crippen LogP contribution in [-0.4, -0.2) is 12.1 Å². The van der Waals surface area contributed by atoms with Gasteiger partial charge in [0.2, 0.25) is 0 Å². The van der Waals surface area contributed by atoms with Crippen LogP contribution in [0.5, 0.6) is 5.75 Å². The van der Waals surface area contributed by atoms with E-state index in [9.17, 15) is 0 Å². The third-order valence-corrected chi connectivity index (χ3v) is 3.61. The number of hydrogen-bond acceptors (Lipinski definition) is 5. The summed E-state index contributed by atoms with van der Waals surface area (Å²) in [5, 5.41) is 13.0. The number of rotatable bonds is 3. The molecule has 1 N–H and O–H groups in total. The van der Waals surface area contributed by atoms with Crippen molar-refractivity contribution in [1.29, 1.82) is 5.26 Å². The van der Waals surface area contributed by atoms with E-state index in [-0.39, 0.29) is 0 Å². The van der Waals surface area contributed by atoms with E-state index in [1.165, 1.54) is 4.88 Å². The molecule has 0 aliphatic rings. The van der Waals surface area contributed by atoms with E-state index in [1.807, 2.05) is 13.8 Å². The molecule has 1 aromatic carbocycles. The van der Waals surface area contributed by atoms with Gasteiger partial charge in [0.25, 0.3) is 0 Å². The van der Waals surface area contributed by atoms with Crippen molar-refractivity contribution in [3.8, 4) is 11.8 Å². The highest BCUT2D eigenvalue weighted by Crippen LogP contribution is 2.28. The highest BCUT2D eigenvalue weighted by molar-refractivity contribution is 7.15. The molecule has 0 aliphatic carbocycles. The van der Waals surface area contributed by atoms with Gasteiger partial charge in [-0.15, -0.1) is 11.3 Å². The van der Waals surface area contributed by atoms with Gasteiger partial charge in [0, 0.05) is 10.9 Å². The van der Waals surface area contributed by atoms with Crippen LogP contribution in [0.1, 0.15) is 16.1 Å². The Kier molecular flexibility index (Phi) is 3.49. The highest BCUT2D eigenvalue weighted by atomic mass is 32.1. The first kappa shape index (κ1) is 12.4. The highest BCUT2D eigenvalue weighted by Gasteiger charge is 2.08. The lowest BCUT2D eigenvalue weighted by atomic mass is 10.2. The summed E-state index contributed by atoms with van der Waals surface area (Å²) in [4.78, 5) is 5.56. The van der Waals surface area contributed by atoms with Crippen LogP contribution in [0.4, 0.5) is 10.8 Å². The molecule has 0 bridgehead atoms. The van der Waals surface area contributed by atoms with Crippen molar-refractivity contribution >= 4 is 22.2 Å². The lowest BCUT2D eigenvalue weighted by Crippen LogP contribution is -1.94. The molecule has 0 saturated heterocycles. The van der Waals surface area contributed by atoms with Crippen LogP contribution in [0.15, 0.2) is 18.2 Å². The summed E-state index contributed by atoms with van der Waals surface area (Å²) < 4.78 is 5.15. The van der Waals surface area contributed by atoms with Crippen molar-refractivity contribution in [2.24, 2.45) is 0 Å². The summed E-state index contributed by atoms with van der Waals surface area (Å²) >= 11 is 1.57. The summed E-state index contributed by atoms with van der Waals surface area (Å²) in [5.74, 6) is 0.710. The molecule has 0 atom stereocenters. The number of benzene rings is 1. The SMILES string of the molecule is COc1ccc(C#N)c(Nc2nc(C)c(C)s2)c1. The van der Waals surface area contributed by atoms with Crippen molar-refractivity contribution in [2.45, 2.75) is 13.8 Å². The molecule has 0 spiro atoms. The van der Waals surface area contributed by atoms with Gasteiger partial charge in [-0.3, -0.25) is 0 Å². The molecule has 92 valence electrons. The van der Waals surface area contributed by atoms with Crippen LogP contribution < -0.4 is 10.1 Å². The van der Waals surface area contributed by atoms with Crippen LogP contribution in [0.3, 0.4) is 0 Å². The number of nitriles is 1. The molecule has 1 aromatic heterocycles. The Hall–Kier alpha value is -2.06. The number of methoxy groups -OCH3 is 1. The molecule has 0 radical (unpaired) electrons. The van der Waals surface area contributed by atoms with Gasteiger partial charge in [-0.25, -0.2) is 4.98 Å². The molecule has 0 amide bonds. The third-order valence-electron chi connectivity index (χ3n) is 2.62. The van der Waals surface area contributed by atoms with Crippen LogP contribution >= 0.6 is 11.3 Å². The third kappa shape index (κ3) is 2.44. The van der Waals surface area contributed by atoms with Gasteiger partial charge >= 0.3 is 0 Å². The fraction of sp³-hybridized carbons (Fsp3) is 0.231. The predicted molar refractivity (Wildman–Crippen MR) is 72.6 cm³/mol. The minimum Gasteiger partial charge on any atom is -0.497 e. The number of ether oxygens (including phenoxy) is 1. The summed E-state index contributed by atoms with van der Waals surface area (Å²) in [6, 6.07) is 7.44. The molecule has 2 rings (SSSR count). The molecule has 0 saturated carbocycles. The normalized spacial score (nSPS) is 9.89. The van der Waals surface area contributed by atoms with Crippen molar-refractivity contribution in [2.75, 3.05) is 12.4 Å². The standard InChI is InChI=1S/C13H13N3OS/c1-8-9(2)18-13(15-8)16-12-6-11(17-3)5-4-10(12)7-14/h4-6H,1-3H3,(H,15,16). The Morgan fingerprint density at radius 1 is 1.39 bits per heavy atom. The Morgan fingerprint density at radius 2 is 2.17 bits per heavy atom. The molecule has 0 aliphatic heterocycles. The number of hydrogen-bond donors (Lipinski definition) is 1. The van der Waals surface area contributed by atoms with E-state index in [0.717, 1.165) is 10.8 Å². The second-order valence-corrected chi connectivity index (χ2v) is 5.01. The van der Waals surface area contributed by atoms with Crippen molar-refractivity contribution in [3.05, 3.63) is 34.3 Å². The largest absolute Gasteiger partial charge is 0.497 e. The number of aryl methyl sites for hydroxylation is 2. The zero-order valence-corrected chi connectivity index (χ0v) is 11.3. The number of nitrogens with zero attached hydrogens (tertiary/aromatic N) is 2. The predicted octanol–water partition coefficient (Wildman–Crippen LogP) is 3.38. The molecule has 4 nitrogen and oxygen atoms in total. The monoisotopic (exact) mass is 259 g/mol. The smallest absolute Gasteiger partial charge is 0.187 e. The molecule has 5 heteroatoms. The van der Waals surface area contributed by atoms with E-state index >= 15 is 0 Å².